The van der Waals surface area contributed by atoms with Gasteiger partial charge in [-0.15, -0.1) is 0 Å². The van der Waals surface area contributed by atoms with Crippen molar-refractivity contribution in [2.24, 2.45) is 18.9 Å². The van der Waals surface area contributed by atoms with Crippen LogP contribution in [0.5, 0.6) is 0 Å². The van der Waals surface area contributed by atoms with Crippen LogP contribution in [0.2, 0.25) is 0 Å². The largest absolute Gasteiger partial charge is 0.340 e. The quantitative estimate of drug-likeness (QED) is 0.227. The van der Waals surface area contributed by atoms with Crippen molar-refractivity contribution in [1.82, 2.24) is 35.3 Å². The number of hydrogen-bond acceptors (Lipinski definition) is 5. The van der Waals surface area contributed by atoms with Gasteiger partial charge < -0.3 is 25.8 Å². The van der Waals surface area contributed by atoms with E-state index in [0.717, 1.165) is 60.1 Å². The number of rotatable bonds is 8. The first-order valence-corrected chi connectivity index (χ1v) is 16.5. The van der Waals surface area contributed by atoms with Crippen molar-refractivity contribution in [1.29, 1.82) is 0 Å². The first-order valence-electron chi connectivity index (χ1n) is 16.5. The summed E-state index contributed by atoms with van der Waals surface area (Å²) in [5.74, 6) is 0.596. The van der Waals surface area contributed by atoms with Gasteiger partial charge in [-0.05, 0) is 66.1 Å². The molecule has 4 amide bonds. The van der Waals surface area contributed by atoms with Gasteiger partial charge in [-0.25, -0.2) is 9.78 Å². The van der Waals surface area contributed by atoms with E-state index in [2.05, 4.69) is 39.9 Å². The molecular weight excluding hydrogens is 580 g/mol. The zero-order chi connectivity index (χ0) is 32.0. The number of fused-ring (bicyclic) bond motifs is 2. The van der Waals surface area contributed by atoms with Gasteiger partial charge in [0.2, 0.25) is 5.91 Å². The van der Waals surface area contributed by atoms with Crippen LogP contribution in [-0.4, -0.2) is 61.1 Å². The highest BCUT2D eigenvalue weighted by Gasteiger charge is 2.51. The number of benzene rings is 2. The van der Waals surface area contributed by atoms with Gasteiger partial charge in [0.05, 0.1) is 17.1 Å². The molecule has 0 radical (unpaired) electrons. The number of amides is 4. The van der Waals surface area contributed by atoms with Crippen molar-refractivity contribution < 1.29 is 14.4 Å². The first-order chi connectivity index (χ1) is 22.2. The third-order valence-corrected chi connectivity index (χ3v) is 10.3. The van der Waals surface area contributed by atoms with E-state index in [9.17, 15) is 14.4 Å². The Morgan fingerprint density at radius 1 is 1.02 bits per heavy atom. The smallest absolute Gasteiger partial charge is 0.318 e. The molecule has 46 heavy (non-hydrogen) atoms. The lowest BCUT2D eigenvalue weighted by Crippen LogP contribution is -2.49. The van der Waals surface area contributed by atoms with E-state index in [4.69, 9.17) is 4.98 Å². The van der Waals surface area contributed by atoms with Crippen molar-refractivity contribution in [3.8, 4) is 0 Å². The molecule has 2 aromatic carbocycles. The molecule has 3 heterocycles. The molecule has 7 rings (SSSR count). The minimum atomic E-state index is -0.695. The Labute approximate surface area is 268 Å². The molecule has 4 N–H and O–H groups in total. The summed E-state index contributed by atoms with van der Waals surface area (Å²) < 4.78 is 1.52. The van der Waals surface area contributed by atoms with Gasteiger partial charge in [-0.3, -0.25) is 14.3 Å². The normalized spacial score (nSPS) is 22.2. The van der Waals surface area contributed by atoms with Gasteiger partial charge in [0.1, 0.15) is 23.1 Å². The lowest BCUT2D eigenvalue weighted by molar-refractivity contribution is -0.119. The average Bonchev–Trinajstić information content (AvgIpc) is 3.84. The molecule has 1 saturated carbocycles. The third-order valence-electron chi connectivity index (χ3n) is 10.3. The number of aromatic amines is 1. The molecule has 3 aliphatic rings. The number of anilines is 1. The van der Waals surface area contributed by atoms with E-state index < -0.39 is 11.6 Å². The summed E-state index contributed by atoms with van der Waals surface area (Å²) in [5.41, 5.74) is 4.37. The van der Waals surface area contributed by atoms with Gasteiger partial charge in [-0.1, -0.05) is 51.3 Å². The number of carbonyl (C=O) groups is 3. The fourth-order valence-electron chi connectivity index (χ4n) is 7.60. The highest BCUT2D eigenvalue weighted by Crippen LogP contribution is 2.44. The Kier molecular flexibility index (Phi) is 7.78. The van der Waals surface area contributed by atoms with Gasteiger partial charge >= 0.3 is 6.03 Å². The van der Waals surface area contributed by atoms with E-state index in [1.165, 1.54) is 4.68 Å². The second-order valence-corrected chi connectivity index (χ2v) is 13.6. The molecule has 2 aromatic heterocycles. The molecular formula is C35H42N8O3. The fraction of sp³-hybridized carbons (Fsp3) is 0.457. The Bertz CT molecular complexity index is 1750. The van der Waals surface area contributed by atoms with E-state index >= 15 is 0 Å². The molecule has 1 unspecified atom stereocenters. The molecule has 1 aliphatic heterocycles. The summed E-state index contributed by atoms with van der Waals surface area (Å²) in [4.78, 5) is 51.1. The van der Waals surface area contributed by atoms with Crippen LogP contribution in [0.15, 0.2) is 54.7 Å². The van der Waals surface area contributed by atoms with Crippen LogP contribution in [0.25, 0.3) is 11.0 Å². The first kappa shape index (κ1) is 30.0. The predicted molar refractivity (Wildman–Crippen MR) is 175 cm³/mol. The Morgan fingerprint density at radius 3 is 2.52 bits per heavy atom. The van der Waals surface area contributed by atoms with Crippen LogP contribution in [0.1, 0.15) is 73.4 Å². The maximum Gasteiger partial charge on any atom is 0.318 e. The van der Waals surface area contributed by atoms with Gasteiger partial charge in [-0.2, -0.15) is 5.10 Å². The Balaban J connectivity index is 1.17. The van der Waals surface area contributed by atoms with Crippen LogP contribution in [0.4, 0.5) is 10.5 Å². The SMILES string of the molecule is CC(C)[C@@H]1CN(C2(c3nc4ccccc4[nH]3)Cc3ccc(NC(=O)[C@@H](NC(=O)c4ccnn4C)C4CCCCC4)cc3C2)C(=O)N1. The number of nitrogens with zero attached hydrogens (tertiary/aromatic N) is 4. The van der Waals surface area contributed by atoms with Gasteiger partial charge in [0.15, 0.2) is 0 Å². The van der Waals surface area contributed by atoms with E-state index in [1.54, 1.807) is 19.3 Å². The number of hydrogen-bond donors (Lipinski definition) is 4. The maximum absolute atomic E-state index is 13.9. The molecule has 240 valence electrons. The zero-order valence-electron chi connectivity index (χ0n) is 26.7. The summed E-state index contributed by atoms with van der Waals surface area (Å²) >= 11 is 0. The monoisotopic (exact) mass is 622 g/mol. The molecule has 11 heteroatoms. The lowest BCUT2D eigenvalue weighted by Gasteiger charge is -2.36. The van der Waals surface area contributed by atoms with Gasteiger partial charge in [0, 0.05) is 38.3 Å². The summed E-state index contributed by atoms with van der Waals surface area (Å²) in [6, 6.07) is 14.9. The van der Waals surface area contributed by atoms with Crippen molar-refractivity contribution >= 4 is 34.6 Å². The predicted octanol–water partition coefficient (Wildman–Crippen LogP) is 4.66. The van der Waals surface area contributed by atoms with E-state index in [1.807, 2.05) is 47.4 Å². The van der Waals surface area contributed by atoms with Crippen LogP contribution < -0.4 is 16.0 Å². The standard InChI is InChI=1S/C35H42N8O3/c1-21(2)28-20-43(34(46)40-28)35(33-38-26-11-7-8-12-27(26)39-33)18-23-13-14-25(17-24(23)19-35)37-32(45)30(22-9-5-4-6-10-22)41-31(44)29-15-16-36-42(29)3/h7-8,11-17,21-22,28,30H,4-6,9-10,18-20H2,1-3H3,(H,37,45)(H,38,39)(H,40,46)(H,41,44)/t28-,30-,35?/m0/s1. The molecule has 2 aliphatic carbocycles. The second-order valence-electron chi connectivity index (χ2n) is 13.6. The van der Waals surface area contributed by atoms with E-state index in [-0.39, 0.29) is 29.8 Å². The number of carbonyl (C=O) groups excluding carboxylic acids is 3. The minimum Gasteiger partial charge on any atom is -0.340 e. The van der Waals surface area contributed by atoms with Crippen LogP contribution in [-0.2, 0) is 30.2 Å². The molecule has 1 saturated heterocycles. The number of urea groups is 1. The number of H-pyrrole nitrogens is 1. The summed E-state index contributed by atoms with van der Waals surface area (Å²) in [5, 5.41) is 13.5. The lowest BCUT2D eigenvalue weighted by atomic mass is 9.83. The number of aryl methyl sites for hydroxylation is 1. The minimum absolute atomic E-state index is 0.0468. The number of nitrogens with one attached hydrogen (secondary N) is 4. The maximum atomic E-state index is 13.9. The zero-order valence-corrected chi connectivity index (χ0v) is 26.7. The second kappa shape index (κ2) is 11.9. The van der Waals surface area contributed by atoms with Crippen LogP contribution in [0, 0.1) is 11.8 Å². The topological polar surface area (TPSA) is 137 Å². The molecule has 0 spiro atoms. The average molecular weight is 623 g/mol. The molecule has 3 atom stereocenters. The molecule has 4 aromatic rings. The molecule has 11 nitrogen and oxygen atoms in total. The summed E-state index contributed by atoms with van der Waals surface area (Å²) in [7, 11) is 1.72. The number of para-hydroxylation sites is 2. The van der Waals surface area contributed by atoms with Crippen molar-refractivity contribution in [3.63, 3.8) is 0 Å². The highest BCUT2D eigenvalue weighted by atomic mass is 16.2. The fourth-order valence-corrected chi connectivity index (χ4v) is 7.60. The van der Waals surface area contributed by atoms with Crippen LogP contribution in [0.3, 0.4) is 0 Å². The molecule has 2 fully saturated rings. The number of imidazole rings is 1. The van der Waals surface area contributed by atoms with Crippen molar-refractivity contribution in [3.05, 3.63) is 77.4 Å². The van der Waals surface area contributed by atoms with Crippen molar-refractivity contribution in [2.45, 2.75) is 76.4 Å². The number of aromatic nitrogens is 4. The van der Waals surface area contributed by atoms with Crippen LogP contribution >= 0.6 is 0 Å². The third kappa shape index (κ3) is 5.41. The van der Waals surface area contributed by atoms with Gasteiger partial charge in [0.25, 0.3) is 5.91 Å². The summed E-state index contributed by atoms with van der Waals surface area (Å²) in [6.45, 7) is 4.84. The Hall–Kier alpha value is -4.67. The van der Waals surface area contributed by atoms with E-state index in [0.29, 0.717) is 36.7 Å². The van der Waals surface area contributed by atoms with Crippen molar-refractivity contribution in [2.75, 3.05) is 11.9 Å². The Morgan fingerprint density at radius 2 is 1.80 bits per heavy atom. The molecule has 0 bridgehead atoms. The summed E-state index contributed by atoms with van der Waals surface area (Å²) in [6.07, 6.45) is 7.77. The highest BCUT2D eigenvalue weighted by molar-refractivity contribution is 6.00.